The minimum atomic E-state index is -1.44. The molecule has 1 aromatic heterocycles. The third-order valence-corrected chi connectivity index (χ3v) is 8.79. The van der Waals surface area contributed by atoms with Gasteiger partial charge in [0.15, 0.2) is 17.3 Å². The van der Waals surface area contributed by atoms with Gasteiger partial charge in [0, 0.05) is 22.7 Å². The Kier molecular flexibility index (Phi) is 4.54. The van der Waals surface area contributed by atoms with Crippen molar-refractivity contribution in [1.29, 1.82) is 0 Å². The maximum atomic E-state index is 14.4. The minimum Gasteiger partial charge on any atom is -0.352 e. The van der Waals surface area contributed by atoms with Crippen LogP contribution in [0.1, 0.15) is 47.4 Å². The lowest BCUT2D eigenvalue weighted by atomic mass is 9.64. The molecule has 1 aliphatic carbocycles. The van der Waals surface area contributed by atoms with Gasteiger partial charge in [0.2, 0.25) is 0 Å². The summed E-state index contributed by atoms with van der Waals surface area (Å²) in [6, 6.07) is 27.0. The van der Waals surface area contributed by atoms with Gasteiger partial charge in [0.05, 0.1) is 10.9 Å². The van der Waals surface area contributed by atoms with Crippen LogP contribution in [0.3, 0.4) is 0 Å². The Hall–Kier alpha value is -4.09. The van der Waals surface area contributed by atoms with Gasteiger partial charge in [-0.05, 0) is 28.6 Å². The molecule has 1 fully saturated rings. The molecule has 3 aliphatic rings. The average Bonchev–Trinajstić information content (AvgIpc) is 3.63. The number of rotatable bonds is 3. The van der Waals surface area contributed by atoms with E-state index in [1.54, 1.807) is 24.3 Å². The van der Waals surface area contributed by atoms with E-state index in [0.717, 1.165) is 16.8 Å². The van der Waals surface area contributed by atoms with Crippen molar-refractivity contribution >= 4 is 40.4 Å². The Morgan fingerprint density at radius 1 is 0.778 bits per heavy atom. The maximum Gasteiger partial charge on any atom is 0.195 e. The summed E-state index contributed by atoms with van der Waals surface area (Å²) in [6.07, 6.45) is 3.95. The second-order valence-electron chi connectivity index (χ2n) is 9.52. The van der Waals surface area contributed by atoms with Crippen LogP contribution in [0.4, 0.5) is 5.69 Å². The van der Waals surface area contributed by atoms with E-state index in [0.29, 0.717) is 16.0 Å². The largest absolute Gasteiger partial charge is 0.352 e. The molecule has 4 aromatic rings. The van der Waals surface area contributed by atoms with E-state index < -0.39 is 23.4 Å². The Labute approximate surface area is 212 Å². The molecule has 0 radical (unpaired) electrons. The van der Waals surface area contributed by atoms with E-state index in [9.17, 15) is 14.4 Å². The van der Waals surface area contributed by atoms with Crippen LogP contribution in [-0.2, 0) is 0 Å². The predicted molar refractivity (Wildman–Crippen MR) is 141 cm³/mol. The molecular formula is C31H21NO3S. The van der Waals surface area contributed by atoms with Gasteiger partial charge in [-0.3, -0.25) is 14.4 Å². The molecule has 5 heteroatoms. The van der Waals surface area contributed by atoms with E-state index in [1.165, 1.54) is 11.3 Å². The fourth-order valence-corrected chi connectivity index (χ4v) is 7.21. The quantitative estimate of drug-likeness (QED) is 0.260. The zero-order valence-corrected chi connectivity index (χ0v) is 20.0. The number of carbonyl (C=O) groups is 3. The van der Waals surface area contributed by atoms with Gasteiger partial charge in [-0.15, -0.1) is 11.3 Å². The number of carbonyl (C=O) groups excluding carboxylic acids is 3. The van der Waals surface area contributed by atoms with Crippen molar-refractivity contribution in [3.63, 3.8) is 0 Å². The number of ketones is 3. The Morgan fingerprint density at radius 2 is 1.44 bits per heavy atom. The summed E-state index contributed by atoms with van der Waals surface area (Å²) in [6.45, 7) is 0. The van der Waals surface area contributed by atoms with Gasteiger partial charge < -0.3 is 4.90 Å². The highest BCUT2D eigenvalue weighted by Gasteiger charge is 2.71. The van der Waals surface area contributed by atoms with E-state index in [-0.39, 0.29) is 17.3 Å². The van der Waals surface area contributed by atoms with Gasteiger partial charge >= 0.3 is 0 Å². The number of Topliss-reactive ketones (excluding diaryl/α,β-unsaturated/α-hetero) is 3. The van der Waals surface area contributed by atoms with Crippen molar-refractivity contribution in [2.24, 2.45) is 5.41 Å². The Morgan fingerprint density at radius 3 is 2.14 bits per heavy atom. The van der Waals surface area contributed by atoms with Crippen molar-refractivity contribution in [3.8, 4) is 0 Å². The van der Waals surface area contributed by atoms with Crippen LogP contribution in [0, 0.1) is 5.41 Å². The SMILES string of the molecule is O=C(c1cccs1)[C@@H]1[C@H](c2ccccc2)C2(C(=O)c3ccccc3C2=O)[C@@H]2C=Cc3ccccc3N12. The fourth-order valence-electron chi connectivity index (χ4n) is 6.52. The van der Waals surface area contributed by atoms with Crippen LogP contribution in [0.5, 0.6) is 0 Å². The van der Waals surface area contributed by atoms with Gasteiger partial charge in [0.25, 0.3) is 0 Å². The molecule has 36 heavy (non-hydrogen) atoms. The Balaban J connectivity index is 1.56. The van der Waals surface area contributed by atoms with E-state index in [1.807, 2.05) is 84.3 Å². The lowest BCUT2D eigenvalue weighted by Crippen LogP contribution is -2.48. The summed E-state index contributed by atoms with van der Waals surface area (Å²) < 4.78 is 0. The molecule has 7 rings (SSSR count). The van der Waals surface area contributed by atoms with E-state index in [4.69, 9.17) is 0 Å². The third kappa shape index (κ3) is 2.61. The van der Waals surface area contributed by atoms with Gasteiger partial charge in [-0.25, -0.2) is 0 Å². The first-order chi connectivity index (χ1) is 17.6. The topological polar surface area (TPSA) is 54.5 Å². The van der Waals surface area contributed by atoms with Crippen molar-refractivity contribution in [1.82, 2.24) is 0 Å². The number of benzene rings is 3. The van der Waals surface area contributed by atoms with Crippen molar-refractivity contribution in [2.75, 3.05) is 4.90 Å². The molecule has 0 saturated carbocycles. The average molecular weight is 488 g/mol. The summed E-state index contributed by atoms with van der Waals surface area (Å²) in [5.74, 6) is -1.11. The molecule has 0 N–H and O–H groups in total. The van der Waals surface area contributed by atoms with E-state index >= 15 is 0 Å². The molecule has 0 unspecified atom stereocenters. The van der Waals surface area contributed by atoms with Gasteiger partial charge in [0.1, 0.15) is 11.5 Å². The Bertz CT molecular complexity index is 1540. The third-order valence-electron chi connectivity index (χ3n) is 7.90. The first-order valence-corrected chi connectivity index (χ1v) is 12.9. The first kappa shape index (κ1) is 21.2. The number of anilines is 1. The van der Waals surface area contributed by atoms with Crippen molar-refractivity contribution in [2.45, 2.75) is 18.0 Å². The number of para-hydroxylation sites is 1. The highest BCUT2D eigenvalue weighted by Crippen LogP contribution is 2.60. The number of hydrogen-bond donors (Lipinski definition) is 0. The van der Waals surface area contributed by atoms with Crippen molar-refractivity contribution < 1.29 is 14.4 Å². The van der Waals surface area contributed by atoms with Crippen LogP contribution >= 0.6 is 11.3 Å². The number of thiophene rings is 1. The lowest BCUT2D eigenvalue weighted by Gasteiger charge is -2.37. The smallest absolute Gasteiger partial charge is 0.195 e. The standard InChI is InChI=1S/C31H21NO3S/c33-28(24-15-8-18-36-24)27-26(20-10-2-1-3-11-20)31(29(34)21-12-5-6-13-22(21)30(31)35)25-17-16-19-9-4-7-14-23(19)32(25)27/h1-18,25-27H/t25-,26-,27-/m0/s1. The van der Waals surface area contributed by atoms with Crippen LogP contribution in [-0.4, -0.2) is 29.4 Å². The van der Waals surface area contributed by atoms with Crippen LogP contribution in [0.2, 0.25) is 0 Å². The van der Waals surface area contributed by atoms with E-state index in [2.05, 4.69) is 4.90 Å². The lowest BCUT2D eigenvalue weighted by molar-refractivity contribution is 0.0666. The minimum absolute atomic E-state index is 0.0672. The number of fused-ring (bicyclic) bond motifs is 5. The number of nitrogens with zero attached hydrogens (tertiary/aromatic N) is 1. The molecule has 3 heterocycles. The van der Waals surface area contributed by atoms with Crippen LogP contribution in [0.15, 0.2) is 102 Å². The monoisotopic (exact) mass is 487 g/mol. The molecule has 2 aliphatic heterocycles. The highest BCUT2D eigenvalue weighted by atomic mass is 32.1. The molecule has 1 saturated heterocycles. The normalized spacial score (nSPS) is 23.0. The maximum absolute atomic E-state index is 14.4. The predicted octanol–water partition coefficient (Wildman–Crippen LogP) is 6.06. The molecular weight excluding hydrogens is 466 g/mol. The summed E-state index contributed by atoms with van der Waals surface area (Å²) in [5.41, 5.74) is 2.11. The van der Waals surface area contributed by atoms with Gasteiger partial charge in [-0.1, -0.05) is 91.0 Å². The second kappa shape index (κ2) is 7.70. The zero-order chi connectivity index (χ0) is 24.4. The fraction of sp³-hybridized carbons (Fsp3) is 0.129. The summed E-state index contributed by atoms with van der Waals surface area (Å²) in [4.78, 5) is 45.9. The highest BCUT2D eigenvalue weighted by molar-refractivity contribution is 7.12. The molecule has 3 aromatic carbocycles. The molecule has 0 bridgehead atoms. The summed E-state index contributed by atoms with van der Waals surface area (Å²) in [7, 11) is 0. The summed E-state index contributed by atoms with van der Waals surface area (Å²) in [5, 5.41) is 1.89. The summed E-state index contributed by atoms with van der Waals surface area (Å²) >= 11 is 1.39. The first-order valence-electron chi connectivity index (χ1n) is 12.0. The number of hydrogen-bond acceptors (Lipinski definition) is 5. The second-order valence-corrected chi connectivity index (χ2v) is 10.5. The van der Waals surface area contributed by atoms with Gasteiger partial charge in [-0.2, -0.15) is 0 Å². The molecule has 174 valence electrons. The molecule has 4 nitrogen and oxygen atoms in total. The molecule has 0 amide bonds. The zero-order valence-electron chi connectivity index (χ0n) is 19.2. The van der Waals surface area contributed by atoms with Crippen LogP contribution < -0.4 is 4.90 Å². The van der Waals surface area contributed by atoms with Crippen molar-refractivity contribution in [3.05, 3.63) is 130 Å². The molecule has 1 spiro atoms. The van der Waals surface area contributed by atoms with Crippen LogP contribution in [0.25, 0.3) is 6.08 Å². The molecule has 3 atom stereocenters.